The van der Waals surface area contributed by atoms with Crippen LogP contribution in [-0.4, -0.2) is 12.6 Å². The van der Waals surface area contributed by atoms with Gasteiger partial charge in [-0.1, -0.05) is 19.9 Å². The van der Waals surface area contributed by atoms with Gasteiger partial charge in [-0.3, -0.25) is 0 Å². The number of rotatable bonds is 8. The van der Waals surface area contributed by atoms with Crippen molar-refractivity contribution in [3.63, 3.8) is 0 Å². The molecular formula is C17H23NO2S. The maximum atomic E-state index is 6.21. The molecule has 2 N–H and O–H groups in total. The lowest BCUT2D eigenvalue weighted by molar-refractivity contribution is 0.174. The van der Waals surface area contributed by atoms with E-state index in [1.54, 1.807) is 11.3 Å². The number of hydrogen-bond acceptors (Lipinski definition) is 4. The zero-order chi connectivity index (χ0) is 15.1. The van der Waals surface area contributed by atoms with E-state index in [1.165, 1.54) is 0 Å². The largest absolute Gasteiger partial charge is 0.494 e. The summed E-state index contributed by atoms with van der Waals surface area (Å²) in [6, 6.07) is 11.8. The van der Waals surface area contributed by atoms with E-state index in [0.717, 1.165) is 35.8 Å². The Bertz CT molecular complexity index is 510. The number of benzene rings is 1. The number of ether oxygens (including phenoxy) is 2. The molecule has 0 saturated carbocycles. The first-order valence-electron chi connectivity index (χ1n) is 7.43. The van der Waals surface area contributed by atoms with Gasteiger partial charge in [-0.2, -0.15) is 0 Å². The van der Waals surface area contributed by atoms with Crippen molar-refractivity contribution in [2.24, 2.45) is 5.73 Å². The molecule has 1 aromatic carbocycles. The van der Waals surface area contributed by atoms with Gasteiger partial charge in [0, 0.05) is 10.9 Å². The van der Waals surface area contributed by atoms with Crippen molar-refractivity contribution in [2.45, 2.75) is 38.8 Å². The van der Waals surface area contributed by atoms with Crippen LogP contribution in [0.2, 0.25) is 0 Å². The van der Waals surface area contributed by atoms with Gasteiger partial charge >= 0.3 is 0 Å². The molecule has 0 saturated heterocycles. The van der Waals surface area contributed by atoms with Crippen LogP contribution in [0.3, 0.4) is 0 Å². The van der Waals surface area contributed by atoms with Gasteiger partial charge in [-0.15, -0.1) is 11.3 Å². The Morgan fingerprint density at radius 1 is 1.10 bits per heavy atom. The lowest BCUT2D eigenvalue weighted by atomic mass is 10.1. The molecule has 0 aliphatic carbocycles. The zero-order valence-corrected chi connectivity index (χ0v) is 13.4. The molecule has 4 heteroatoms. The highest BCUT2D eigenvalue weighted by Crippen LogP contribution is 2.29. The van der Waals surface area contributed by atoms with Crippen LogP contribution in [0.1, 0.15) is 37.7 Å². The number of hydrogen-bond donors (Lipinski definition) is 1. The van der Waals surface area contributed by atoms with Gasteiger partial charge in [-0.05, 0) is 48.6 Å². The first-order valence-corrected chi connectivity index (χ1v) is 8.31. The third-order valence-corrected chi connectivity index (χ3v) is 4.18. The monoisotopic (exact) mass is 305 g/mol. The predicted molar refractivity (Wildman–Crippen MR) is 88.2 cm³/mol. The van der Waals surface area contributed by atoms with Gasteiger partial charge in [-0.25, -0.2) is 0 Å². The molecule has 2 aromatic rings. The number of nitrogens with two attached hydrogens (primary N) is 1. The first-order chi connectivity index (χ1) is 10.2. The van der Waals surface area contributed by atoms with Gasteiger partial charge in [0.1, 0.15) is 17.6 Å². The van der Waals surface area contributed by atoms with Gasteiger partial charge in [0.15, 0.2) is 0 Å². The van der Waals surface area contributed by atoms with Gasteiger partial charge in [0.2, 0.25) is 0 Å². The summed E-state index contributed by atoms with van der Waals surface area (Å²) >= 11 is 1.68. The third-order valence-electron chi connectivity index (χ3n) is 3.24. The Kier molecular flexibility index (Phi) is 6.08. The maximum absolute atomic E-state index is 6.21. The second-order valence-corrected chi connectivity index (χ2v) is 5.93. The van der Waals surface area contributed by atoms with Crippen molar-refractivity contribution in [3.05, 3.63) is 46.7 Å². The Hall–Kier alpha value is -1.52. The summed E-state index contributed by atoms with van der Waals surface area (Å²) in [6.45, 7) is 4.91. The molecule has 0 radical (unpaired) electrons. The Balaban J connectivity index is 2.06. The number of thiophene rings is 1. The molecule has 1 heterocycles. The van der Waals surface area contributed by atoms with Crippen LogP contribution in [0.25, 0.3) is 0 Å². The Morgan fingerprint density at radius 3 is 2.38 bits per heavy atom. The summed E-state index contributed by atoms with van der Waals surface area (Å²) in [5.74, 6) is 1.69. The molecule has 0 aliphatic rings. The van der Waals surface area contributed by atoms with Gasteiger partial charge in [0.05, 0.1) is 6.61 Å². The smallest absolute Gasteiger partial charge is 0.148 e. The van der Waals surface area contributed by atoms with Crippen LogP contribution in [0, 0.1) is 0 Å². The van der Waals surface area contributed by atoms with Crippen molar-refractivity contribution in [1.29, 1.82) is 0 Å². The minimum Gasteiger partial charge on any atom is -0.494 e. The van der Waals surface area contributed by atoms with Crippen LogP contribution in [0.4, 0.5) is 0 Å². The molecule has 3 nitrogen and oxygen atoms in total. The highest BCUT2D eigenvalue weighted by molar-refractivity contribution is 7.10. The van der Waals surface area contributed by atoms with E-state index in [1.807, 2.05) is 30.3 Å². The van der Waals surface area contributed by atoms with Crippen LogP contribution < -0.4 is 15.2 Å². The zero-order valence-electron chi connectivity index (χ0n) is 12.6. The molecule has 2 atom stereocenters. The summed E-state index contributed by atoms with van der Waals surface area (Å²) in [4.78, 5) is 1.16. The Morgan fingerprint density at radius 2 is 1.81 bits per heavy atom. The van der Waals surface area contributed by atoms with E-state index in [4.69, 9.17) is 15.2 Å². The van der Waals surface area contributed by atoms with E-state index in [-0.39, 0.29) is 12.1 Å². The van der Waals surface area contributed by atoms with Crippen molar-refractivity contribution < 1.29 is 9.47 Å². The lowest BCUT2D eigenvalue weighted by Gasteiger charge is -2.23. The molecule has 0 aliphatic heterocycles. The van der Waals surface area contributed by atoms with Crippen LogP contribution in [0.5, 0.6) is 11.5 Å². The molecule has 0 spiro atoms. The minimum atomic E-state index is -0.0996. The molecular weight excluding hydrogens is 282 g/mol. The summed E-state index contributed by atoms with van der Waals surface area (Å²) < 4.78 is 11.7. The topological polar surface area (TPSA) is 44.5 Å². The van der Waals surface area contributed by atoms with Crippen molar-refractivity contribution in [2.75, 3.05) is 6.61 Å². The van der Waals surface area contributed by atoms with E-state index in [9.17, 15) is 0 Å². The highest BCUT2D eigenvalue weighted by atomic mass is 32.1. The average molecular weight is 305 g/mol. The van der Waals surface area contributed by atoms with E-state index >= 15 is 0 Å². The van der Waals surface area contributed by atoms with Crippen molar-refractivity contribution in [3.8, 4) is 11.5 Å². The molecule has 0 amide bonds. The second-order valence-electron chi connectivity index (χ2n) is 4.95. The standard InChI is InChI=1S/C17H23NO2S/c1-3-11-19-13-7-9-14(10-8-13)20-17(15(18)4-2)16-6-5-12-21-16/h5-10,12,15,17H,3-4,11,18H2,1-2H3. The fourth-order valence-electron chi connectivity index (χ4n) is 2.00. The van der Waals surface area contributed by atoms with E-state index < -0.39 is 0 Å². The minimum absolute atomic E-state index is 0.0142. The first kappa shape index (κ1) is 15.9. The fraction of sp³-hybridized carbons (Fsp3) is 0.412. The predicted octanol–water partition coefficient (Wildman–Crippen LogP) is 4.39. The summed E-state index contributed by atoms with van der Waals surface area (Å²) in [7, 11) is 0. The van der Waals surface area contributed by atoms with E-state index in [0.29, 0.717) is 0 Å². The normalized spacial score (nSPS) is 13.7. The average Bonchev–Trinajstić information content (AvgIpc) is 3.05. The molecule has 0 bridgehead atoms. The highest BCUT2D eigenvalue weighted by Gasteiger charge is 2.21. The molecule has 114 valence electrons. The summed E-state index contributed by atoms with van der Waals surface area (Å²) in [5, 5.41) is 2.05. The van der Waals surface area contributed by atoms with Crippen LogP contribution in [0.15, 0.2) is 41.8 Å². The molecule has 0 fully saturated rings. The third kappa shape index (κ3) is 4.48. The van der Waals surface area contributed by atoms with Crippen LogP contribution in [-0.2, 0) is 0 Å². The molecule has 2 rings (SSSR count). The SMILES string of the molecule is CCCOc1ccc(OC(c2cccs2)C(N)CC)cc1. The quantitative estimate of drug-likeness (QED) is 0.786. The van der Waals surface area contributed by atoms with E-state index in [2.05, 4.69) is 25.3 Å². The lowest BCUT2D eigenvalue weighted by Crippen LogP contribution is -2.30. The molecule has 21 heavy (non-hydrogen) atoms. The molecule has 1 aromatic heterocycles. The Labute approximate surface area is 130 Å². The van der Waals surface area contributed by atoms with Crippen LogP contribution >= 0.6 is 11.3 Å². The summed E-state index contributed by atoms with van der Waals surface area (Å²) in [6.07, 6.45) is 1.78. The fourth-order valence-corrected chi connectivity index (χ4v) is 2.83. The van der Waals surface area contributed by atoms with Gasteiger partial charge < -0.3 is 15.2 Å². The molecule has 2 unspecified atom stereocenters. The second kappa shape index (κ2) is 8.05. The van der Waals surface area contributed by atoms with Crippen molar-refractivity contribution in [1.82, 2.24) is 0 Å². The van der Waals surface area contributed by atoms with Gasteiger partial charge in [0.25, 0.3) is 0 Å². The summed E-state index contributed by atoms with van der Waals surface area (Å²) in [5.41, 5.74) is 6.21. The van der Waals surface area contributed by atoms with Crippen molar-refractivity contribution >= 4 is 11.3 Å². The maximum Gasteiger partial charge on any atom is 0.148 e.